The number of esters is 1. The molecule has 0 saturated carbocycles. The van der Waals surface area contributed by atoms with E-state index in [0.29, 0.717) is 6.42 Å². The molecule has 0 spiro atoms. The third kappa shape index (κ3) is 40.3. The van der Waals surface area contributed by atoms with Crippen molar-refractivity contribution in [2.75, 3.05) is 26.4 Å². The van der Waals surface area contributed by atoms with Crippen molar-refractivity contribution in [2.45, 2.75) is 219 Å². The number of aliphatic hydroxyl groups excluding tert-OH is 2. The maximum Gasteiger partial charge on any atom is 0.472 e. The molecular formula is C43H83O9P. The topological polar surface area (TPSA) is 132 Å². The Kier molecular flexibility index (Phi) is 39.5. The van der Waals surface area contributed by atoms with Crippen LogP contribution in [0.15, 0.2) is 24.5 Å². The number of phosphoric acid groups is 1. The standard InChI is InChI=1S/C43H83O9P/c1-3-5-7-9-11-13-15-17-19-21-23-25-27-29-31-33-35-43(46)52-42(40-51-53(47,48)50-38-41(45)37-44)39-49-36-34-32-30-28-26-24-22-20-18-16-14-12-10-8-6-4-2/h19,21,34,36,41-42,44-45H,3-18,20,22-33,35,37-40H2,1-2H3,(H,47,48)/b21-19-,36-34-/t41-,42+/m0/s1. The van der Waals surface area contributed by atoms with Gasteiger partial charge in [-0.2, -0.15) is 0 Å². The molecule has 0 fully saturated rings. The van der Waals surface area contributed by atoms with Gasteiger partial charge in [0.1, 0.15) is 12.7 Å². The average Bonchev–Trinajstić information content (AvgIpc) is 3.15. The molecule has 3 atom stereocenters. The van der Waals surface area contributed by atoms with Gasteiger partial charge in [-0.25, -0.2) is 4.57 Å². The van der Waals surface area contributed by atoms with Crippen molar-refractivity contribution in [2.24, 2.45) is 0 Å². The summed E-state index contributed by atoms with van der Waals surface area (Å²) in [4.78, 5) is 22.5. The van der Waals surface area contributed by atoms with Gasteiger partial charge in [0.2, 0.25) is 0 Å². The van der Waals surface area contributed by atoms with Crippen LogP contribution in [-0.4, -0.2) is 59.7 Å². The lowest BCUT2D eigenvalue weighted by atomic mass is 10.0. The van der Waals surface area contributed by atoms with Gasteiger partial charge in [0.25, 0.3) is 0 Å². The summed E-state index contributed by atoms with van der Waals surface area (Å²) in [6, 6.07) is 0. The van der Waals surface area contributed by atoms with Crippen molar-refractivity contribution in [3.05, 3.63) is 24.5 Å². The van der Waals surface area contributed by atoms with Gasteiger partial charge in [-0.15, -0.1) is 0 Å². The van der Waals surface area contributed by atoms with Crippen molar-refractivity contribution >= 4 is 13.8 Å². The molecule has 3 N–H and O–H groups in total. The molecule has 0 amide bonds. The SMILES string of the molecule is CCCCCCCCC/C=C\CCCCCCCC(=O)O[C@H](CO/C=C\CCCCCCCCCCCCCCCC)COP(=O)(O)OC[C@@H](O)CO. The highest BCUT2D eigenvalue weighted by atomic mass is 31.2. The van der Waals surface area contributed by atoms with Gasteiger partial charge in [0, 0.05) is 6.42 Å². The second-order valence-corrected chi connectivity index (χ2v) is 16.2. The molecule has 314 valence electrons. The summed E-state index contributed by atoms with van der Waals surface area (Å²) in [5.74, 6) is -0.411. The summed E-state index contributed by atoms with van der Waals surface area (Å²) in [7, 11) is -4.53. The van der Waals surface area contributed by atoms with E-state index in [1.54, 1.807) is 6.26 Å². The number of phosphoric ester groups is 1. The van der Waals surface area contributed by atoms with Crippen LogP contribution in [0.25, 0.3) is 0 Å². The Hall–Kier alpha value is -1.22. The monoisotopic (exact) mass is 775 g/mol. The van der Waals surface area contributed by atoms with Crippen molar-refractivity contribution in [1.29, 1.82) is 0 Å². The minimum atomic E-state index is -4.53. The van der Waals surface area contributed by atoms with E-state index in [4.69, 9.17) is 23.6 Å². The molecule has 0 aromatic heterocycles. The largest absolute Gasteiger partial charge is 0.498 e. The number of ether oxygens (including phenoxy) is 2. The predicted octanol–water partition coefficient (Wildman–Crippen LogP) is 12.2. The third-order valence-corrected chi connectivity index (χ3v) is 10.4. The molecule has 1 unspecified atom stereocenters. The highest BCUT2D eigenvalue weighted by molar-refractivity contribution is 7.47. The first-order valence-electron chi connectivity index (χ1n) is 21.9. The van der Waals surface area contributed by atoms with Gasteiger partial charge in [0.05, 0.1) is 26.1 Å². The van der Waals surface area contributed by atoms with Crippen LogP contribution in [0.4, 0.5) is 0 Å². The van der Waals surface area contributed by atoms with E-state index in [9.17, 15) is 19.4 Å². The smallest absolute Gasteiger partial charge is 0.472 e. The number of hydrogen-bond acceptors (Lipinski definition) is 8. The number of unbranched alkanes of at least 4 members (excludes halogenated alkanes) is 26. The fraction of sp³-hybridized carbons (Fsp3) is 0.884. The lowest BCUT2D eigenvalue weighted by molar-refractivity contribution is -0.153. The molecule has 0 aliphatic carbocycles. The van der Waals surface area contributed by atoms with Crippen LogP contribution in [0.1, 0.15) is 206 Å². The number of carbonyl (C=O) groups is 1. The van der Waals surface area contributed by atoms with Gasteiger partial charge >= 0.3 is 13.8 Å². The number of aliphatic hydroxyl groups is 2. The van der Waals surface area contributed by atoms with E-state index in [1.165, 1.54) is 135 Å². The van der Waals surface area contributed by atoms with Crippen LogP contribution in [-0.2, 0) is 27.9 Å². The maximum atomic E-state index is 12.6. The molecule has 0 aliphatic heterocycles. The summed E-state index contributed by atoms with van der Waals surface area (Å²) in [6.07, 6.45) is 42.2. The molecule has 10 heteroatoms. The molecular weight excluding hydrogens is 691 g/mol. The van der Waals surface area contributed by atoms with Crippen LogP contribution in [0.3, 0.4) is 0 Å². The van der Waals surface area contributed by atoms with E-state index in [1.807, 2.05) is 6.08 Å². The molecule has 0 rings (SSSR count). The molecule has 0 radical (unpaired) electrons. The normalized spacial score (nSPS) is 14.2. The third-order valence-electron chi connectivity index (χ3n) is 9.45. The molecule has 53 heavy (non-hydrogen) atoms. The minimum Gasteiger partial charge on any atom is -0.498 e. The Bertz CT molecular complexity index is 882. The van der Waals surface area contributed by atoms with E-state index in [-0.39, 0.29) is 13.0 Å². The van der Waals surface area contributed by atoms with Crippen LogP contribution in [0, 0.1) is 0 Å². The lowest BCUT2D eigenvalue weighted by Gasteiger charge is -2.20. The zero-order chi connectivity index (χ0) is 38.9. The quantitative estimate of drug-likeness (QED) is 0.0182. The zero-order valence-electron chi connectivity index (χ0n) is 34.2. The van der Waals surface area contributed by atoms with Crippen molar-refractivity contribution in [1.82, 2.24) is 0 Å². The Morgan fingerprint density at radius 1 is 0.566 bits per heavy atom. The van der Waals surface area contributed by atoms with E-state index in [0.717, 1.165) is 44.9 Å². The number of rotatable bonds is 42. The molecule has 0 bridgehead atoms. The maximum absolute atomic E-state index is 12.6. The number of carbonyl (C=O) groups excluding carboxylic acids is 1. The Morgan fingerprint density at radius 3 is 1.42 bits per heavy atom. The summed E-state index contributed by atoms with van der Waals surface area (Å²) in [5, 5.41) is 18.3. The van der Waals surface area contributed by atoms with Gasteiger partial charge in [-0.3, -0.25) is 13.8 Å². The Balaban J connectivity index is 4.22. The minimum absolute atomic E-state index is 0.0350. The lowest BCUT2D eigenvalue weighted by Crippen LogP contribution is -2.28. The van der Waals surface area contributed by atoms with Gasteiger partial charge < -0.3 is 24.6 Å². The average molecular weight is 775 g/mol. The van der Waals surface area contributed by atoms with Gasteiger partial charge in [-0.05, 0) is 51.0 Å². The van der Waals surface area contributed by atoms with Crippen molar-refractivity contribution in [3.8, 4) is 0 Å². The molecule has 0 aliphatic rings. The molecule has 0 aromatic rings. The first-order chi connectivity index (χ1) is 25.8. The number of allylic oxidation sites excluding steroid dienone is 3. The van der Waals surface area contributed by atoms with Gasteiger partial charge in [-0.1, -0.05) is 167 Å². The second kappa shape index (κ2) is 40.4. The fourth-order valence-corrected chi connectivity index (χ4v) is 6.87. The second-order valence-electron chi connectivity index (χ2n) is 14.8. The summed E-state index contributed by atoms with van der Waals surface area (Å²) >= 11 is 0. The number of hydrogen-bond donors (Lipinski definition) is 3. The molecule has 0 aromatic carbocycles. The van der Waals surface area contributed by atoms with E-state index in [2.05, 4.69) is 26.0 Å². The van der Waals surface area contributed by atoms with Crippen molar-refractivity contribution < 1.29 is 43.0 Å². The summed E-state index contributed by atoms with van der Waals surface area (Å²) < 4.78 is 33.1. The molecule has 0 heterocycles. The van der Waals surface area contributed by atoms with Crippen LogP contribution >= 0.6 is 7.82 Å². The van der Waals surface area contributed by atoms with E-state index < -0.39 is 45.8 Å². The van der Waals surface area contributed by atoms with Crippen LogP contribution in [0.2, 0.25) is 0 Å². The summed E-state index contributed by atoms with van der Waals surface area (Å²) in [5.41, 5.74) is 0. The first-order valence-corrected chi connectivity index (χ1v) is 23.4. The highest BCUT2D eigenvalue weighted by Crippen LogP contribution is 2.43. The first kappa shape index (κ1) is 51.8. The van der Waals surface area contributed by atoms with Crippen LogP contribution in [0.5, 0.6) is 0 Å². The summed E-state index contributed by atoms with van der Waals surface area (Å²) in [6.45, 7) is 2.89. The highest BCUT2D eigenvalue weighted by Gasteiger charge is 2.26. The Morgan fingerprint density at radius 2 is 0.962 bits per heavy atom. The van der Waals surface area contributed by atoms with Gasteiger partial charge in [0.15, 0.2) is 6.10 Å². The fourth-order valence-electron chi connectivity index (χ4n) is 6.08. The zero-order valence-corrected chi connectivity index (χ0v) is 35.1. The Labute approximate surface area is 325 Å². The molecule has 0 saturated heterocycles. The molecule has 9 nitrogen and oxygen atoms in total. The predicted molar refractivity (Wildman–Crippen MR) is 219 cm³/mol. The van der Waals surface area contributed by atoms with Crippen molar-refractivity contribution in [3.63, 3.8) is 0 Å². The van der Waals surface area contributed by atoms with E-state index >= 15 is 0 Å². The van der Waals surface area contributed by atoms with Crippen LogP contribution < -0.4 is 0 Å².